The molecule has 0 heterocycles. The number of hydrogen-bond donors (Lipinski definition) is 5. The van der Waals surface area contributed by atoms with Crippen LogP contribution in [0.3, 0.4) is 0 Å². The lowest BCUT2D eigenvalue weighted by Gasteiger charge is -2.19. The van der Waals surface area contributed by atoms with Gasteiger partial charge in [0, 0.05) is 6.54 Å². The van der Waals surface area contributed by atoms with Crippen LogP contribution >= 0.6 is 12.4 Å². The molecular formula is C21H26ClN5O5. The first-order valence-electron chi connectivity index (χ1n) is 9.52. The number of benzene rings is 2. The minimum Gasteiger partial charge on any atom is -0.478 e. The first-order chi connectivity index (χ1) is 14.9. The van der Waals surface area contributed by atoms with Crippen molar-refractivity contribution in [2.75, 3.05) is 11.9 Å². The van der Waals surface area contributed by atoms with Gasteiger partial charge in [-0.15, -0.1) is 12.4 Å². The summed E-state index contributed by atoms with van der Waals surface area (Å²) in [7, 11) is 0. The molecule has 1 atom stereocenters. The maximum absolute atomic E-state index is 12.8. The Balaban J connectivity index is 0.00000512. The van der Waals surface area contributed by atoms with Crippen LogP contribution in [-0.2, 0) is 16.1 Å². The molecule has 2 aromatic carbocycles. The number of anilines is 1. The van der Waals surface area contributed by atoms with E-state index in [0.717, 1.165) is 5.56 Å². The van der Waals surface area contributed by atoms with Crippen LogP contribution in [0, 0.1) is 0 Å². The van der Waals surface area contributed by atoms with Crippen molar-refractivity contribution < 1.29 is 24.2 Å². The fraction of sp³-hybridized carbons (Fsp3) is 0.238. The van der Waals surface area contributed by atoms with Crippen LogP contribution in [0.4, 0.5) is 10.5 Å². The molecule has 2 amide bonds. The monoisotopic (exact) mass is 463 g/mol. The second kappa shape index (κ2) is 13.5. The molecule has 0 fully saturated rings. The predicted molar refractivity (Wildman–Crippen MR) is 123 cm³/mol. The van der Waals surface area contributed by atoms with Crippen molar-refractivity contribution in [2.45, 2.75) is 25.5 Å². The lowest BCUT2D eigenvalue weighted by atomic mass is 10.1. The largest absolute Gasteiger partial charge is 0.478 e. The Labute approximate surface area is 191 Å². The van der Waals surface area contributed by atoms with E-state index in [1.54, 1.807) is 24.3 Å². The Morgan fingerprint density at radius 3 is 2.34 bits per heavy atom. The molecule has 11 heteroatoms. The summed E-state index contributed by atoms with van der Waals surface area (Å²) < 4.78 is 5.17. The molecule has 0 saturated heterocycles. The number of carboxylic acid groups (broad SMARTS) is 1. The molecule has 32 heavy (non-hydrogen) atoms. The summed E-state index contributed by atoms with van der Waals surface area (Å²) in [6.45, 7) is 0.301. The number of guanidine groups is 1. The lowest BCUT2D eigenvalue weighted by molar-refractivity contribution is -0.118. The van der Waals surface area contributed by atoms with Gasteiger partial charge in [0.2, 0.25) is 5.91 Å². The Morgan fingerprint density at radius 1 is 1.03 bits per heavy atom. The molecule has 2 aromatic rings. The van der Waals surface area contributed by atoms with E-state index in [4.69, 9.17) is 16.2 Å². The highest BCUT2D eigenvalue weighted by Gasteiger charge is 2.23. The number of nitrogens with one attached hydrogen (secondary N) is 2. The number of alkyl carbamates (subject to hydrolysis) is 1. The van der Waals surface area contributed by atoms with Crippen molar-refractivity contribution in [1.29, 1.82) is 0 Å². The maximum Gasteiger partial charge on any atom is 0.408 e. The highest BCUT2D eigenvalue weighted by molar-refractivity contribution is 6.02. The van der Waals surface area contributed by atoms with Crippen LogP contribution in [0.5, 0.6) is 0 Å². The zero-order valence-electron chi connectivity index (χ0n) is 17.2. The van der Waals surface area contributed by atoms with Gasteiger partial charge in [0.15, 0.2) is 5.96 Å². The van der Waals surface area contributed by atoms with Crippen molar-refractivity contribution in [3.8, 4) is 0 Å². The van der Waals surface area contributed by atoms with Gasteiger partial charge >= 0.3 is 12.1 Å². The lowest BCUT2D eigenvalue weighted by Crippen LogP contribution is -2.44. The van der Waals surface area contributed by atoms with Gasteiger partial charge in [0.1, 0.15) is 12.6 Å². The van der Waals surface area contributed by atoms with Crippen molar-refractivity contribution in [3.05, 3.63) is 65.7 Å². The van der Waals surface area contributed by atoms with Gasteiger partial charge in [-0.25, -0.2) is 9.59 Å². The van der Waals surface area contributed by atoms with E-state index in [0.29, 0.717) is 6.42 Å². The average molecular weight is 464 g/mol. The SMILES string of the molecule is Cl.NC(N)=NCCC[C@H](NC(=O)OCc1ccccc1)C(=O)Nc1ccccc1C(=O)O. The second-order valence-corrected chi connectivity index (χ2v) is 6.55. The van der Waals surface area contributed by atoms with E-state index in [2.05, 4.69) is 15.6 Å². The van der Waals surface area contributed by atoms with Crippen LogP contribution in [0.2, 0.25) is 0 Å². The molecule has 0 aliphatic heterocycles. The van der Waals surface area contributed by atoms with Gasteiger partial charge in [-0.1, -0.05) is 42.5 Å². The molecule has 0 spiro atoms. The predicted octanol–water partition coefficient (Wildman–Crippen LogP) is 2.09. The summed E-state index contributed by atoms with van der Waals surface area (Å²) in [6, 6.07) is 14.1. The number of nitrogens with two attached hydrogens (primary N) is 2. The van der Waals surface area contributed by atoms with E-state index < -0.39 is 24.0 Å². The number of ether oxygens (including phenoxy) is 1. The molecule has 7 N–H and O–H groups in total. The van der Waals surface area contributed by atoms with Crippen LogP contribution in [0.25, 0.3) is 0 Å². The number of aromatic carboxylic acids is 1. The fourth-order valence-electron chi connectivity index (χ4n) is 2.68. The number of carbonyl (C=O) groups is 3. The molecule has 0 radical (unpaired) electrons. The number of amides is 2. The van der Waals surface area contributed by atoms with Crippen LogP contribution in [0.1, 0.15) is 28.8 Å². The minimum absolute atomic E-state index is 0. The average Bonchev–Trinajstić information content (AvgIpc) is 2.75. The number of nitrogens with zero attached hydrogens (tertiary/aromatic N) is 1. The summed E-state index contributed by atoms with van der Waals surface area (Å²) in [6.07, 6.45) is -0.175. The summed E-state index contributed by atoms with van der Waals surface area (Å²) in [5, 5.41) is 14.3. The van der Waals surface area contributed by atoms with E-state index >= 15 is 0 Å². The summed E-state index contributed by atoms with van der Waals surface area (Å²) in [5.41, 5.74) is 11.4. The Kier molecular flexibility index (Phi) is 11.1. The van der Waals surface area contributed by atoms with E-state index in [1.165, 1.54) is 12.1 Å². The zero-order chi connectivity index (χ0) is 22.6. The quantitative estimate of drug-likeness (QED) is 0.204. The zero-order valence-corrected chi connectivity index (χ0v) is 18.0. The number of halogens is 1. The van der Waals surface area contributed by atoms with E-state index in [-0.39, 0.29) is 49.2 Å². The number of carbonyl (C=O) groups excluding carboxylic acids is 2. The third-order valence-corrected chi connectivity index (χ3v) is 4.18. The number of para-hydroxylation sites is 1. The molecular weight excluding hydrogens is 438 g/mol. The van der Waals surface area contributed by atoms with E-state index in [1.807, 2.05) is 18.2 Å². The third-order valence-electron chi connectivity index (χ3n) is 4.18. The normalized spacial score (nSPS) is 10.8. The molecule has 172 valence electrons. The van der Waals surface area contributed by atoms with Gasteiger partial charge in [-0.3, -0.25) is 9.79 Å². The van der Waals surface area contributed by atoms with Crippen molar-refractivity contribution >= 4 is 42.0 Å². The number of carboxylic acids is 1. The van der Waals surface area contributed by atoms with Crippen molar-refractivity contribution in [3.63, 3.8) is 0 Å². The summed E-state index contributed by atoms with van der Waals surface area (Å²) >= 11 is 0. The smallest absolute Gasteiger partial charge is 0.408 e. The Morgan fingerprint density at radius 2 is 1.69 bits per heavy atom. The Bertz CT molecular complexity index is 935. The molecule has 0 aromatic heterocycles. The molecule has 0 unspecified atom stereocenters. The Hall–Kier alpha value is -3.79. The molecule has 0 aliphatic carbocycles. The molecule has 10 nitrogen and oxygen atoms in total. The highest BCUT2D eigenvalue weighted by atomic mass is 35.5. The standard InChI is InChI=1S/C21H25N5O5.ClH/c22-20(23)24-12-6-11-17(26-21(30)31-13-14-7-2-1-3-8-14)18(27)25-16-10-5-4-9-15(16)19(28)29;/h1-5,7-10,17H,6,11-13H2,(H,25,27)(H,26,30)(H,28,29)(H4,22,23,24);1H/t17-;/m0./s1. The number of aliphatic imine (C=N–C) groups is 1. The second-order valence-electron chi connectivity index (χ2n) is 6.55. The summed E-state index contributed by atoms with van der Waals surface area (Å²) in [5.74, 6) is -1.85. The minimum atomic E-state index is -1.18. The van der Waals surface area contributed by atoms with Gasteiger partial charge in [0.05, 0.1) is 11.3 Å². The van der Waals surface area contributed by atoms with Gasteiger partial charge in [-0.05, 0) is 30.5 Å². The summed E-state index contributed by atoms with van der Waals surface area (Å²) in [4.78, 5) is 40.2. The molecule has 0 saturated carbocycles. The van der Waals surface area contributed by atoms with Crippen LogP contribution < -0.4 is 22.1 Å². The first kappa shape index (κ1) is 26.2. The van der Waals surface area contributed by atoms with Gasteiger partial charge in [0.25, 0.3) is 0 Å². The molecule has 0 bridgehead atoms. The molecule has 2 rings (SSSR count). The topological polar surface area (TPSA) is 169 Å². The number of rotatable bonds is 10. The van der Waals surface area contributed by atoms with Crippen LogP contribution in [0.15, 0.2) is 59.6 Å². The number of hydrogen-bond acceptors (Lipinski definition) is 5. The molecule has 0 aliphatic rings. The van der Waals surface area contributed by atoms with Crippen molar-refractivity contribution in [1.82, 2.24) is 5.32 Å². The maximum atomic E-state index is 12.8. The van der Waals surface area contributed by atoms with Crippen molar-refractivity contribution in [2.24, 2.45) is 16.5 Å². The van der Waals surface area contributed by atoms with Gasteiger partial charge in [-0.2, -0.15) is 0 Å². The fourth-order valence-corrected chi connectivity index (χ4v) is 2.68. The third kappa shape index (κ3) is 8.92. The van der Waals surface area contributed by atoms with Gasteiger partial charge < -0.3 is 31.9 Å². The van der Waals surface area contributed by atoms with Crippen LogP contribution in [-0.4, -0.2) is 41.6 Å². The van der Waals surface area contributed by atoms with E-state index in [9.17, 15) is 19.5 Å². The first-order valence-corrected chi connectivity index (χ1v) is 9.52. The highest BCUT2D eigenvalue weighted by Crippen LogP contribution is 2.16.